The van der Waals surface area contributed by atoms with E-state index < -0.39 is 0 Å². The molecule has 3 rings (SSSR count). The van der Waals surface area contributed by atoms with E-state index in [0.717, 1.165) is 10.9 Å². The van der Waals surface area contributed by atoms with Crippen LogP contribution in [0.15, 0.2) is 36.8 Å². The van der Waals surface area contributed by atoms with Gasteiger partial charge in [-0.2, -0.15) is 10.1 Å². The molecular formula is C12H11N5O. The molecule has 2 aromatic heterocycles. The van der Waals surface area contributed by atoms with Crippen LogP contribution in [0, 0.1) is 0 Å². The van der Waals surface area contributed by atoms with Gasteiger partial charge in [-0.1, -0.05) is 6.07 Å². The summed E-state index contributed by atoms with van der Waals surface area (Å²) in [7, 11) is 1.72. The molecule has 6 heteroatoms. The quantitative estimate of drug-likeness (QED) is 0.714. The van der Waals surface area contributed by atoms with Gasteiger partial charge in [-0.25, -0.2) is 4.68 Å². The van der Waals surface area contributed by atoms with Gasteiger partial charge >= 0.3 is 0 Å². The highest BCUT2D eigenvalue weighted by Gasteiger charge is 2.12. The number of aromatic amines is 1. The SMILES string of the molecule is Cn1ncnc1NC(=O)c1cccc2[nH]ccc12. The molecule has 0 saturated heterocycles. The van der Waals surface area contributed by atoms with Crippen molar-refractivity contribution in [2.45, 2.75) is 0 Å². The second-order valence-electron chi connectivity index (χ2n) is 3.91. The number of hydrogen-bond donors (Lipinski definition) is 2. The number of anilines is 1. The van der Waals surface area contributed by atoms with Crippen LogP contribution in [0.2, 0.25) is 0 Å². The lowest BCUT2D eigenvalue weighted by atomic mass is 10.1. The lowest BCUT2D eigenvalue weighted by molar-refractivity contribution is 0.102. The summed E-state index contributed by atoms with van der Waals surface area (Å²) in [5.41, 5.74) is 1.54. The number of hydrogen-bond acceptors (Lipinski definition) is 3. The summed E-state index contributed by atoms with van der Waals surface area (Å²) in [5.74, 6) is 0.226. The first-order chi connectivity index (χ1) is 8.75. The van der Waals surface area contributed by atoms with Crippen molar-refractivity contribution in [3.8, 4) is 0 Å². The lowest BCUT2D eigenvalue weighted by Crippen LogP contribution is -2.15. The molecule has 2 heterocycles. The summed E-state index contributed by atoms with van der Waals surface area (Å²) in [6, 6.07) is 7.42. The maximum atomic E-state index is 12.2. The van der Waals surface area contributed by atoms with Gasteiger partial charge in [0.1, 0.15) is 6.33 Å². The minimum atomic E-state index is -0.198. The molecule has 1 amide bonds. The van der Waals surface area contributed by atoms with Gasteiger partial charge < -0.3 is 4.98 Å². The monoisotopic (exact) mass is 241 g/mol. The van der Waals surface area contributed by atoms with Crippen molar-refractivity contribution < 1.29 is 4.79 Å². The molecule has 0 unspecified atom stereocenters. The van der Waals surface area contributed by atoms with Crippen LogP contribution in [0.4, 0.5) is 5.95 Å². The van der Waals surface area contributed by atoms with Gasteiger partial charge in [0.2, 0.25) is 5.95 Å². The summed E-state index contributed by atoms with van der Waals surface area (Å²) in [6.07, 6.45) is 3.20. The molecule has 0 radical (unpaired) electrons. The molecule has 90 valence electrons. The molecule has 2 N–H and O–H groups in total. The number of aryl methyl sites for hydroxylation is 1. The normalized spacial score (nSPS) is 10.7. The highest BCUT2D eigenvalue weighted by atomic mass is 16.1. The van der Waals surface area contributed by atoms with Crippen LogP contribution in [0.1, 0.15) is 10.4 Å². The Labute approximate surface area is 103 Å². The zero-order chi connectivity index (χ0) is 12.5. The van der Waals surface area contributed by atoms with Gasteiger partial charge in [-0.15, -0.1) is 0 Å². The first kappa shape index (κ1) is 10.5. The highest BCUT2D eigenvalue weighted by molar-refractivity contribution is 6.11. The Morgan fingerprint density at radius 1 is 1.39 bits per heavy atom. The molecule has 6 nitrogen and oxygen atoms in total. The largest absolute Gasteiger partial charge is 0.361 e. The fraction of sp³-hybridized carbons (Fsp3) is 0.0833. The van der Waals surface area contributed by atoms with Gasteiger partial charge in [-0.05, 0) is 18.2 Å². The summed E-state index contributed by atoms with van der Waals surface area (Å²) < 4.78 is 1.51. The van der Waals surface area contributed by atoms with Crippen LogP contribution < -0.4 is 5.32 Å². The maximum Gasteiger partial charge on any atom is 0.258 e. The van der Waals surface area contributed by atoms with Crippen LogP contribution in [-0.2, 0) is 7.05 Å². The number of fused-ring (bicyclic) bond motifs is 1. The van der Waals surface area contributed by atoms with E-state index in [2.05, 4.69) is 20.4 Å². The standard InChI is InChI=1S/C12H11N5O/c1-17-12(14-7-15-17)16-11(18)9-3-2-4-10-8(9)5-6-13-10/h2-7,13H,1H3,(H,14,15,16,18). The van der Waals surface area contributed by atoms with Crippen LogP contribution in [-0.4, -0.2) is 25.7 Å². The number of aromatic nitrogens is 4. The van der Waals surface area contributed by atoms with Crippen LogP contribution in [0.5, 0.6) is 0 Å². The molecule has 0 atom stereocenters. The minimum absolute atomic E-state index is 0.198. The summed E-state index contributed by atoms with van der Waals surface area (Å²) >= 11 is 0. The average molecular weight is 241 g/mol. The first-order valence-corrected chi connectivity index (χ1v) is 5.47. The fourth-order valence-electron chi connectivity index (χ4n) is 1.86. The van der Waals surface area contributed by atoms with Crippen molar-refractivity contribution in [1.82, 2.24) is 19.7 Å². The molecule has 0 aliphatic heterocycles. The first-order valence-electron chi connectivity index (χ1n) is 5.47. The lowest BCUT2D eigenvalue weighted by Gasteiger charge is -2.04. The Hall–Kier alpha value is -2.63. The zero-order valence-electron chi connectivity index (χ0n) is 9.71. The summed E-state index contributed by atoms with van der Waals surface area (Å²) in [6.45, 7) is 0. The summed E-state index contributed by atoms with van der Waals surface area (Å²) in [5, 5.41) is 7.51. The van der Waals surface area contributed by atoms with E-state index in [-0.39, 0.29) is 5.91 Å². The van der Waals surface area contributed by atoms with Crippen molar-refractivity contribution in [3.63, 3.8) is 0 Å². The van der Waals surface area contributed by atoms with E-state index in [1.165, 1.54) is 11.0 Å². The van der Waals surface area contributed by atoms with Crippen molar-refractivity contribution in [2.75, 3.05) is 5.32 Å². The Bertz CT molecular complexity index is 712. The van der Waals surface area contributed by atoms with Gasteiger partial charge in [0, 0.05) is 29.7 Å². The number of carbonyl (C=O) groups excluding carboxylic acids is 1. The van der Waals surface area contributed by atoms with Crippen LogP contribution in [0.3, 0.4) is 0 Å². The predicted molar refractivity (Wildman–Crippen MR) is 67.3 cm³/mol. The van der Waals surface area contributed by atoms with Crippen molar-refractivity contribution in [3.05, 3.63) is 42.4 Å². The molecule has 0 fully saturated rings. The van der Waals surface area contributed by atoms with Crippen molar-refractivity contribution in [1.29, 1.82) is 0 Å². The van der Waals surface area contributed by atoms with Gasteiger partial charge in [0.25, 0.3) is 5.91 Å². The molecule has 0 saturated carbocycles. The topological polar surface area (TPSA) is 75.6 Å². The molecule has 1 aromatic carbocycles. The number of carbonyl (C=O) groups is 1. The smallest absolute Gasteiger partial charge is 0.258 e. The Morgan fingerprint density at radius 2 is 2.28 bits per heavy atom. The third-order valence-corrected chi connectivity index (χ3v) is 2.78. The van der Waals surface area contributed by atoms with Gasteiger partial charge in [0.05, 0.1) is 0 Å². The Morgan fingerprint density at radius 3 is 3.06 bits per heavy atom. The van der Waals surface area contributed by atoms with E-state index in [4.69, 9.17) is 0 Å². The molecule has 0 aliphatic rings. The Balaban J connectivity index is 1.97. The number of benzene rings is 1. The van der Waals surface area contributed by atoms with E-state index >= 15 is 0 Å². The molecule has 0 bridgehead atoms. The minimum Gasteiger partial charge on any atom is -0.361 e. The number of amides is 1. The van der Waals surface area contributed by atoms with E-state index in [9.17, 15) is 4.79 Å². The molecule has 18 heavy (non-hydrogen) atoms. The van der Waals surface area contributed by atoms with E-state index in [1.807, 2.05) is 24.4 Å². The van der Waals surface area contributed by atoms with Gasteiger partial charge in [0.15, 0.2) is 0 Å². The average Bonchev–Trinajstić information content (AvgIpc) is 2.98. The maximum absolute atomic E-state index is 12.2. The number of nitrogens with one attached hydrogen (secondary N) is 2. The van der Waals surface area contributed by atoms with E-state index in [0.29, 0.717) is 11.5 Å². The molecule has 0 aliphatic carbocycles. The second kappa shape index (κ2) is 3.99. The second-order valence-corrected chi connectivity index (χ2v) is 3.91. The fourth-order valence-corrected chi connectivity index (χ4v) is 1.86. The van der Waals surface area contributed by atoms with Crippen LogP contribution in [0.25, 0.3) is 10.9 Å². The third kappa shape index (κ3) is 1.64. The third-order valence-electron chi connectivity index (χ3n) is 2.78. The molecule has 0 spiro atoms. The zero-order valence-corrected chi connectivity index (χ0v) is 9.71. The number of rotatable bonds is 2. The van der Waals surface area contributed by atoms with Crippen molar-refractivity contribution >= 4 is 22.8 Å². The molecular weight excluding hydrogens is 230 g/mol. The van der Waals surface area contributed by atoms with Crippen LogP contribution >= 0.6 is 0 Å². The van der Waals surface area contributed by atoms with Crippen molar-refractivity contribution in [2.24, 2.45) is 7.05 Å². The predicted octanol–water partition coefficient (Wildman–Crippen LogP) is 1.55. The number of H-pyrrole nitrogens is 1. The molecule has 3 aromatic rings. The Kier molecular flexibility index (Phi) is 2.33. The highest BCUT2D eigenvalue weighted by Crippen LogP contribution is 2.18. The summed E-state index contributed by atoms with van der Waals surface area (Å²) in [4.78, 5) is 19.2. The van der Waals surface area contributed by atoms with Gasteiger partial charge in [-0.3, -0.25) is 10.1 Å². The van der Waals surface area contributed by atoms with E-state index in [1.54, 1.807) is 13.1 Å². The number of nitrogens with zero attached hydrogens (tertiary/aromatic N) is 3.